The maximum Gasteiger partial charge on any atom is 0.251 e. The van der Waals surface area contributed by atoms with E-state index in [0.717, 1.165) is 5.56 Å². The number of hydrogen-bond donors (Lipinski definition) is 2. The highest BCUT2D eigenvalue weighted by Gasteiger charge is 2.57. The predicted molar refractivity (Wildman–Crippen MR) is 94.0 cm³/mol. The van der Waals surface area contributed by atoms with Crippen molar-refractivity contribution in [3.63, 3.8) is 0 Å². The Morgan fingerprint density at radius 3 is 2.32 bits per heavy atom. The van der Waals surface area contributed by atoms with E-state index < -0.39 is 5.41 Å². The first-order chi connectivity index (χ1) is 12.0. The highest BCUT2D eigenvalue weighted by molar-refractivity contribution is 6.07. The summed E-state index contributed by atoms with van der Waals surface area (Å²) in [6, 6.07) is 7.58. The number of piperidine rings is 1. The fourth-order valence-corrected chi connectivity index (χ4v) is 3.52. The second kappa shape index (κ2) is 6.86. The minimum absolute atomic E-state index is 0.0597. The van der Waals surface area contributed by atoms with Gasteiger partial charge in [0.1, 0.15) is 5.41 Å². The van der Waals surface area contributed by atoms with Crippen LogP contribution in [0.15, 0.2) is 24.3 Å². The first-order valence-electron chi connectivity index (χ1n) is 8.86. The topological polar surface area (TPSA) is 78.5 Å². The number of carbonyl (C=O) groups is 3. The van der Waals surface area contributed by atoms with Gasteiger partial charge in [0.2, 0.25) is 11.8 Å². The molecule has 1 saturated carbocycles. The molecule has 2 aliphatic rings. The second-order valence-electron chi connectivity index (χ2n) is 7.02. The van der Waals surface area contributed by atoms with E-state index in [1.807, 2.05) is 31.2 Å². The first kappa shape index (κ1) is 17.5. The molecule has 0 bridgehead atoms. The minimum atomic E-state index is -0.827. The highest BCUT2D eigenvalue weighted by Crippen LogP contribution is 2.47. The van der Waals surface area contributed by atoms with Gasteiger partial charge in [-0.3, -0.25) is 14.4 Å². The Bertz CT molecular complexity index is 689. The minimum Gasteiger partial charge on any atom is -0.358 e. The molecule has 134 valence electrons. The van der Waals surface area contributed by atoms with Crippen LogP contribution >= 0.6 is 0 Å². The lowest BCUT2D eigenvalue weighted by Gasteiger charge is -2.34. The third-order valence-corrected chi connectivity index (χ3v) is 5.33. The molecule has 0 radical (unpaired) electrons. The Kier molecular flexibility index (Phi) is 4.79. The van der Waals surface area contributed by atoms with E-state index in [-0.39, 0.29) is 23.8 Å². The molecule has 6 heteroatoms. The molecular weight excluding hydrogens is 318 g/mol. The SMILES string of the molecule is CNC(=O)C1(C(=O)N2CCC(NC(=O)c3ccccc3C)CC2)CC1. The molecule has 1 heterocycles. The number of hydrogen-bond acceptors (Lipinski definition) is 3. The van der Waals surface area contributed by atoms with Gasteiger partial charge in [-0.25, -0.2) is 0 Å². The van der Waals surface area contributed by atoms with Gasteiger partial charge in [-0.1, -0.05) is 18.2 Å². The summed E-state index contributed by atoms with van der Waals surface area (Å²) in [5.41, 5.74) is 0.817. The highest BCUT2D eigenvalue weighted by atomic mass is 16.2. The molecule has 1 aromatic carbocycles. The molecule has 1 aliphatic heterocycles. The summed E-state index contributed by atoms with van der Waals surface area (Å²) in [6.45, 7) is 3.08. The lowest BCUT2D eigenvalue weighted by Crippen LogP contribution is -2.50. The van der Waals surface area contributed by atoms with E-state index in [4.69, 9.17) is 0 Å². The molecule has 3 rings (SSSR count). The first-order valence-corrected chi connectivity index (χ1v) is 8.86. The van der Waals surface area contributed by atoms with E-state index in [1.165, 1.54) is 0 Å². The van der Waals surface area contributed by atoms with Gasteiger partial charge in [0.15, 0.2) is 0 Å². The molecule has 3 amide bonds. The van der Waals surface area contributed by atoms with Crippen LogP contribution in [0.2, 0.25) is 0 Å². The summed E-state index contributed by atoms with van der Waals surface area (Å²) in [5.74, 6) is -0.296. The van der Waals surface area contributed by atoms with Crippen molar-refractivity contribution < 1.29 is 14.4 Å². The number of amides is 3. The molecular formula is C19H25N3O3. The quantitative estimate of drug-likeness (QED) is 0.808. The van der Waals surface area contributed by atoms with Crippen molar-refractivity contribution in [2.24, 2.45) is 5.41 Å². The standard InChI is InChI=1S/C19H25N3O3/c1-13-5-3-4-6-15(13)16(23)21-14-7-11-22(12-8-14)18(25)19(9-10-19)17(24)20-2/h3-6,14H,7-12H2,1-2H3,(H,20,24)(H,21,23). The van der Waals surface area contributed by atoms with Gasteiger partial charge in [0, 0.05) is 31.7 Å². The Hall–Kier alpha value is -2.37. The lowest BCUT2D eigenvalue weighted by atomic mass is 9.99. The van der Waals surface area contributed by atoms with Gasteiger partial charge in [-0.05, 0) is 44.2 Å². The van der Waals surface area contributed by atoms with Crippen molar-refractivity contribution in [3.05, 3.63) is 35.4 Å². The molecule has 1 saturated heterocycles. The number of nitrogens with zero attached hydrogens (tertiary/aromatic N) is 1. The van der Waals surface area contributed by atoms with Crippen molar-refractivity contribution in [2.45, 2.75) is 38.6 Å². The van der Waals surface area contributed by atoms with Gasteiger partial charge in [0.25, 0.3) is 5.91 Å². The van der Waals surface area contributed by atoms with Crippen molar-refractivity contribution in [1.82, 2.24) is 15.5 Å². The number of benzene rings is 1. The zero-order valence-corrected chi connectivity index (χ0v) is 14.8. The van der Waals surface area contributed by atoms with Crippen LogP contribution in [0, 0.1) is 12.3 Å². The summed E-state index contributed by atoms with van der Waals surface area (Å²) >= 11 is 0. The Labute approximate surface area is 148 Å². The molecule has 0 spiro atoms. The normalized spacial score (nSPS) is 19.2. The summed E-state index contributed by atoms with van der Waals surface area (Å²) in [7, 11) is 1.57. The maximum absolute atomic E-state index is 12.7. The van der Waals surface area contributed by atoms with Gasteiger partial charge in [-0.2, -0.15) is 0 Å². The summed E-state index contributed by atoms with van der Waals surface area (Å²) < 4.78 is 0. The Morgan fingerprint density at radius 1 is 1.12 bits per heavy atom. The average molecular weight is 343 g/mol. The maximum atomic E-state index is 12.7. The molecule has 1 aliphatic carbocycles. The zero-order chi connectivity index (χ0) is 18.0. The van der Waals surface area contributed by atoms with E-state index in [0.29, 0.717) is 44.3 Å². The molecule has 0 aromatic heterocycles. The number of aryl methyl sites for hydroxylation is 1. The summed E-state index contributed by atoms with van der Waals surface area (Å²) in [4.78, 5) is 38.8. The number of nitrogens with one attached hydrogen (secondary N) is 2. The van der Waals surface area contributed by atoms with Crippen LogP contribution in [0.5, 0.6) is 0 Å². The van der Waals surface area contributed by atoms with Crippen LogP contribution in [0.1, 0.15) is 41.6 Å². The summed E-state index contributed by atoms with van der Waals surface area (Å²) in [5, 5.41) is 5.67. The third kappa shape index (κ3) is 3.38. The number of carbonyl (C=O) groups excluding carboxylic acids is 3. The number of rotatable bonds is 4. The van der Waals surface area contributed by atoms with E-state index >= 15 is 0 Å². The van der Waals surface area contributed by atoms with Crippen LogP contribution in [-0.2, 0) is 9.59 Å². The fraction of sp³-hybridized carbons (Fsp3) is 0.526. The monoisotopic (exact) mass is 343 g/mol. The molecule has 1 aromatic rings. The summed E-state index contributed by atoms with van der Waals surface area (Å²) in [6.07, 6.45) is 2.70. The molecule has 0 unspecified atom stereocenters. The molecule has 2 N–H and O–H groups in total. The molecule has 25 heavy (non-hydrogen) atoms. The van der Waals surface area contributed by atoms with Crippen LogP contribution in [0.3, 0.4) is 0 Å². The molecule has 6 nitrogen and oxygen atoms in total. The van der Waals surface area contributed by atoms with Crippen LogP contribution in [0.4, 0.5) is 0 Å². The second-order valence-corrected chi connectivity index (χ2v) is 7.02. The Balaban J connectivity index is 1.54. The fourth-order valence-electron chi connectivity index (χ4n) is 3.52. The van der Waals surface area contributed by atoms with Crippen molar-refractivity contribution >= 4 is 17.7 Å². The molecule has 2 fully saturated rings. The Morgan fingerprint density at radius 2 is 1.76 bits per heavy atom. The predicted octanol–water partition coefficient (Wildman–Crippen LogP) is 1.24. The zero-order valence-electron chi connectivity index (χ0n) is 14.8. The average Bonchev–Trinajstić information content (AvgIpc) is 3.43. The van der Waals surface area contributed by atoms with Gasteiger partial charge in [-0.15, -0.1) is 0 Å². The van der Waals surface area contributed by atoms with Crippen LogP contribution in [-0.4, -0.2) is 48.8 Å². The van der Waals surface area contributed by atoms with Crippen molar-refractivity contribution in [2.75, 3.05) is 20.1 Å². The van der Waals surface area contributed by atoms with Gasteiger partial charge >= 0.3 is 0 Å². The molecule has 0 atom stereocenters. The van der Waals surface area contributed by atoms with E-state index in [1.54, 1.807) is 11.9 Å². The van der Waals surface area contributed by atoms with Crippen molar-refractivity contribution in [1.29, 1.82) is 0 Å². The van der Waals surface area contributed by atoms with Gasteiger partial charge < -0.3 is 15.5 Å². The van der Waals surface area contributed by atoms with Crippen LogP contribution < -0.4 is 10.6 Å². The third-order valence-electron chi connectivity index (χ3n) is 5.33. The largest absolute Gasteiger partial charge is 0.358 e. The smallest absolute Gasteiger partial charge is 0.251 e. The van der Waals surface area contributed by atoms with Crippen LogP contribution in [0.25, 0.3) is 0 Å². The van der Waals surface area contributed by atoms with Crippen molar-refractivity contribution in [3.8, 4) is 0 Å². The van der Waals surface area contributed by atoms with E-state index in [2.05, 4.69) is 10.6 Å². The lowest BCUT2D eigenvalue weighted by molar-refractivity contribution is -0.144. The number of likely N-dealkylation sites (tertiary alicyclic amines) is 1. The van der Waals surface area contributed by atoms with Gasteiger partial charge in [0.05, 0.1) is 0 Å². The van der Waals surface area contributed by atoms with E-state index in [9.17, 15) is 14.4 Å².